The van der Waals surface area contributed by atoms with Gasteiger partial charge in [0.2, 0.25) is 0 Å². The van der Waals surface area contributed by atoms with E-state index in [2.05, 4.69) is 25.5 Å². The van der Waals surface area contributed by atoms with Crippen LogP contribution in [0.3, 0.4) is 0 Å². The molecule has 0 radical (unpaired) electrons. The number of carbonyl (C=O) groups is 1. The molecule has 0 saturated carbocycles. The normalized spacial score (nSPS) is 9.72. The van der Waals surface area contributed by atoms with Gasteiger partial charge in [0.1, 0.15) is 23.9 Å². The average molecular weight is 242 g/mol. The molecular formula is C11H10N6O. The molecule has 2 aromatic heterocycles. The summed E-state index contributed by atoms with van der Waals surface area (Å²) in [5.41, 5.74) is 0.708. The number of H-pyrrole nitrogens is 1. The van der Waals surface area contributed by atoms with Crippen LogP contribution in [0.5, 0.6) is 0 Å². The fraction of sp³-hybridized carbons (Fsp3) is 0.182. The van der Waals surface area contributed by atoms with E-state index in [0.717, 1.165) is 0 Å². The Hall–Kier alpha value is -2.75. The van der Waals surface area contributed by atoms with Crippen molar-refractivity contribution in [2.75, 3.05) is 6.54 Å². The number of carbonyl (C=O) groups excluding carboxylic acids is 1. The summed E-state index contributed by atoms with van der Waals surface area (Å²) in [5.74, 6) is 0.432. The van der Waals surface area contributed by atoms with Crippen LogP contribution in [0.25, 0.3) is 0 Å². The first kappa shape index (κ1) is 11.7. The summed E-state index contributed by atoms with van der Waals surface area (Å²) in [6.07, 6.45) is 3.35. The quantitative estimate of drug-likeness (QED) is 0.787. The molecule has 0 bridgehead atoms. The standard InChI is InChI=1S/C11H10N6O/c12-5-8-1-2-9(14-6-8)11(18)13-4-3-10-15-7-16-17-10/h1-2,6-7H,3-4H2,(H,13,18)(H,15,16,17). The maximum absolute atomic E-state index is 11.7. The second kappa shape index (κ2) is 5.54. The number of aromatic amines is 1. The lowest BCUT2D eigenvalue weighted by Gasteiger charge is -2.02. The second-order valence-electron chi connectivity index (χ2n) is 3.48. The highest BCUT2D eigenvalue weighted by atomic mass is 16.1. The Labute approximate surface area is 103 Å². The topological polar surface area (TPSA) is 107 Å². The van der Waals surface area contributed by atoms with Crippen molar-refractivity contribution < 1.29 is 4.79 Å². The molecule has 2 rings (SSSR count). The minimum absolute atomic E-state index is 0.279. The monoisotopic (exact) mass is 242 g/mol. The Kier molecular flexibility index (Phi) is 3.61. The fourth-order valence-electron chi connectivity index (χ4n) is 1.33. The van der Waals surface area contributed by atoms with Gasteiger partial charge >= 0.3 is 0 Å². The van der Waals surface area contributed by atoms with Crippen LogP contribution >= 0.6 is 0 Å². The van der Waals surface area contributed by atoms with Gasteiger partial charge < -0.3 is 5.32 Å². The molecule has 0 saturated heterocycles. The molecule has 2 aromatic rings. The van der Waals surface area contributed by atoms with Crippen LogP contribution in [0.15, 0.2) is 24.7 Å². The lowest BCUT2D eigenvalue weighted by molar-refractivity contribution is 0.0949. The molecule has 7 heteroatoms. The molecular weight excluding hydrogens is 232 g/mol. The van der Waals surface area contributed by atoms with E-state index in [4.69, 9.17) is 5.26 Å². The largest absolute Gasteiger partial charge is 0.350 e. The summed E-state index contributed by atoms with van der Waals surface area (Å²) in [4.78, 5) is 19.5. The zero-order valence-electron chi connectivity index (χ0n) is 9.42. The molecule has 0 spiro atoms. The van der Waals surface area contributed by atoms with Crippen LogP contribution < -0.4 is 5.32 Å². The fourth-order valence-corrected chi connectivity index (χ4v) is 1.33. The van der Waals surface area contributed by atoms with Crippen LogP contribution in [0.2, 0.25) is 0 Å². The molecule has 0 aromatic carbocycles. The third-order valence-corrected chi connectivity index (χ3v) is 2.24. The molecule has 0 unspecified atom stereocenters. The highest BCUT2D eigenvalue weighted by Crippen LogP contribution is 1.98. The van der Waals surface area contributed by atoms with Crippen molar-refractivity contribution in [3.63, 3.8) is 0 Å². The predicted octanol–water partition coefficient (Wildman–Crippen LogP) is 0.0439. The molecule has 0 atom stereocenters. The maximum atomic E-state index is 11.7. The van der Waals surface area contributed by atoms with Crippen LogP contribution in [-0.2, 0) is 6.42 Å². The zero-order chi connectivity index (χ0) is 12.8. The number of nitrogens with zero attached hydrogens (tertiary/aromatic N) is 4. The van der Waals surface area contributed by atoms with Crippen molar-refractivity contribution in [1.82, 2.24) is 25.5 Å². The number of pyridine rings is 1. The number of aromatic nitrogens is 4. The lowest BCUT2D eigenvalue weighted by Crippen LogP contribution is -2.26. The van der Waals surface area contributed by atoms with Crippen molar-refractivity contribution in [3.05, 3.63) is 41.7 Å². The second-order valence-corrected chi connectivity index (χ2v) is 3.48. The van der Waals surface area contributed by atoms with Gasteiger partial charge in [0, 0.05) is 19.2 Å². The van der Waals surface area contributed by atoms with Gasteiger partial charge in [-0.25, -0.2) is 9.97 Å². The van der Waals surface area contributed by atoms with E-state index in [1.54, 1.807) is 6.07 Å². The molecule has 2 N–H and O–H groups in total. The van der Waals surface area contributed by atoms with E-state index >= 15 is 0 Å². The van der Waals surface area contributed by atoms with Gasteiger partial charge in [0.15, 0.2) is 0 Å². The molecule has 0 aliphatic rings. The van der Waals surface area contributed by atoms with Gasteiger partial charge in [0.05, 0.1) is 5.56 Å². The van der Waals surface area contributed by atoms with E-state index in [9.17, 15) is 4.79 Å². The first-order chi connectivity index (χ1) is 8.79. The van der Waals surface area contributed by atoms with Crippen LogP contribution in [-0.4, -0.2) is 32.6 Å². The summed E-state index contributed by atoms with van der Waals surface area (Å²) in [5, 5.41) is 17.7. The van der Waals surface area contributed by atoms with Crippen LogP contribution in [0.4, 0.5) is 0 Å². The molecule has 1 amide bonds. The summed E-state index contributed by atoms with van der Waals surface area (Å²) < 4.78 is 0. The number of hydrogen-bond acceptors (Lipinski definition) is 5. The van der Waals surface area contributed by atoms with Crippen molar-refractivity contribution in [2.24, 2.45) is 0 Å². The van der Waals surface area contributed by atoms with E-state index in [-0.39, 0.29) is 11.6 Å². The summed E-state index contributed by atoms with van der Waals surface area (Å²) in [6, 6.07) is 5.01. The summed E-state index contributed by atoms with van der Waals surface area (Å²) in [7, 11) is 0. The van der Waals surface area contributed by atoms with Gasteiger partial charge in [-0.05, 0) is 12.1 Å². The van der Waals surface area contributed by atoms with Gasteiger partial charge in [-0.3, -0.25) is 9.89 Å². The van der Waals surface area contributed by atoms with Gasteiger partial charge in [-0.15, -0.1) is 0 Å². The first-order valence-electron chi connectivity index (χ1n) is 5.28. The maximum Gasteiger partial charge on any atom is 0.269 e. The number of nitrogens with one attached hydrogen (secondary N) is 2. The smallest absolute Gasteiger partial charge is 0.269 e. The molecule has 2 heterocycles. The molecule has 0 aliphatic carbocycles. The Morgan fingerprint density at radius 3 is 2.94 bits per heavy atom. The molecule has 90 valence electrons. The van der Waals surface area contributed by atoms with E-state index in [1.807, 2.05) is 6.07 Å². The lowest BCUT2D eigenvalue weighted by atomic mass is 10.2. The van der Waals surface area contributed by atoms with Crippen LogP contribution in [0, 0.1) is 11.3 Å². The van der Waals surface area contributed by atoms with Crippen molar-refractivity contribution in [3.8, 4) is 6.07 Å². The SMILES string of the molecule is N#Cc1ccc(C(=O)NCCc2ncn[nH]2)nc1. The number of hydrogen-bond donors (Lipinski definition) is 2. The highest BCUT2D eigenvalue weighted by Gasteiger charge is 2.06. The van der Waals surface area contributed by atoms with Crippen molar-refractivity contribution in [2.45, 2.75) is 6.42 Å². The van der Waals surface area contributed by atoms with E-state index in [1.165, 1.54) is 18.6 Å². The Balaban J connectivity index is 1.86. The summed E-state index contributed by atoms with van der Waals surface area (Å²) in [6.45, 7) is 0.440. The minimum Gasteiger partial charge on any atom is -0.350 e. The molecule has 18 heavy (non-hydrogen) atoms. The Bertz CT molecular complexity index is 554. The van der Waals surface area contributed by atoms with Crippen molar-refractivity contribution in [1.29, 1.82) is 5.26 Å². The van der Waals surface area contributed by atoms with Crippen molar-refractivity contribution >= 4 is 5.91 Å². The van der Waals surface area contributed by atoms with Gasteiger partial charge in [-0.1, -0.05) is 0 Å². The number of amides is 1. The molecule has 7 nitrogen and oxygen atoms in total. The van der Waals surface area contributed by atoms with E-state index < -0.39 is 0 Å². The molecule has 0 aliphatic heterocycles. The number of rotatable bonds is 4. The zero-order valence-corrected chi connectivity index (χ0v) is 9.42. The third kappa shape index (κ3) is 2.89. The average Bonchev–Trinajstić information content (AvgIpc) is 2.92. The van der Waals surface area contributed by atoms with Gasteiger partial charge in [0.25, 0.3) is 5.91 Å². The van der Waals surface area contributed by atoms with E-state index in [0.29, 0.717) is 24.4 Å². The molecule has 0 fully saturated rings. The van der Waals surface area contributed by atoms with Crippen LogP contribution in [0.1, 0.15) is 21.9 Å². The predicted molar refractivity (Wildman–Crippen MR) is 61.4 cm³/mol. The Morgan fingerprint density at radius 1 is 1.44 bits per heavy atom. The Morgan fingerprint density at radius 2 is 2.33 bits per heavy atom. The minimum atomic E-state index is -0.279. The first-order valence-corrected chi connectivity index (χ1v) is 5.28. The summed E-state index contributed by atoms with van der Waals surface area (Å²) >= 11 is 0. The van der Waals surface area contributed by atoms with Gasteiger partial charge in [-0.2, -0.15) is 10.4 Å². The highest BCUT2D eigenvalue weighted by molar-refractivity contribution is 5.92. The number of nitriles is 1. The third-order valence-electron chi connectivity index (χ3n) is 2.24.